The van der Waals surface area contributed by atoms with E-state index in [1.54, 1.807) is 32.9 Å². The normalized spacial score (nSPS) is 11.4. The van der Waals surface area contributed by atoms with Gasteiger partial charge in [-0.3, -0.25) is 9.59 Å². The molecule has 0 spiro atoms. The van der Waals surface area contributed by atoms with Crippen LogP contribution in [0.3, 0.4) is 0 Å². The summed E-state index contributed by atoms with van der Waals surface area (Å²) in [6.45, 7) is 5.04. The summed E-state index contributed by atoms with van der Waals surface area (Å²) in [5, 5.41) is 16.8. The Morgan fingerprint density at radius 2 is 1.87 bits per heavy atom. The second kappa shape index (κ2) is 8.69. The van der Waals surface area contributed by atoms with Gasteiger partial charge in [0.1, 0.15) is 20.5 Å². The summed E-state index contributed by atoms with van der Waals surface area (Å²) in [6, 6.07) is 4.58. The van der Waals surface area contributed by atoms with Gasteiger partial charge < -0.3 is 14.9 Å². The summed E-state index contributed by atoms with van der Waals surface area (Å²) in [5.74, 6) is -1.82. The maximum absolute atomic E-state index is 12.8. The number of benzene rings is 1. The third-order valence-electron chi connectivity index (χ3n) is 4.42. The summed E-state index contributed by atoms with van der Waals surface area (Å²) in [4.78, 5) is 23.6. The van der Waals surface area contributed by atoms with E-state index in [2.05, 4.69) is 15.2 Å². The summed E-state index contributed by atoms with van der Waals surface area (Å²) in [7, 11) is -4.17. The summed E-state index contributed by atoms with van der Waals surface area (Å²) >= 11 is 6.92. The Kier molecular flexibility index (Phi) is 6.39. The van der Waals surface area contributed by atoms with E-state index in [0.717, 1.165) is 11.3 Å². The minimum atomic E-state index is -4.17. The van der Waals surface area contributed by atoms with Gasteiger partial charge in [0.05, 0.1) is 6.42 Å². The summed E-state index contributed by atoms with van der Waals surface area (Å²) < 4.78 is 32.6. The van der Waals surface area contributed by atoms with E-state index >= 15 is 0 Å². The zero-order valence-corrected chi connectivity index (χ0v) is 19.0. The smallest absolute Gasteiger partial charge is 0.307 e. The molecule has 0 atom stereocenters. The molecule has 31 heavy (non-hydrogen) atoms. The van der Waals surface area contributed by atoms with Gasteiger partial charge in [0.2, 0.25) is 0 Å². The number of aliphatic carboxylic acids is 1. The largest absolute Gasteiger partial charge is 0.481 e. The van der Waals surface area contributed by atoms with Crippen LogP contribution >= 0.6 is 22.9 Å². The van der Waals surface area contributed by atoms with Crippen molar-refractivity contribution in [1.29, 1.82) is 0 Å². The fraction of sp³-hybridized carbons (Fsp3) is 0.211. The molecule has 1 aromatic carbocycles. The molecular weight excluding hydrogens is 466 g/mol. The van der Waals surface area contributed by atoms with E-state index in [1.165, 1.54) is 11.4 Å². The van der Waals surface area contributed by atoms with Crippen LogP contribution in [-0.4, -0.2) is 30.6 Å². The lowest BCUT2D eigenvalue weighted by Crippen LogP contribution is -2.18. The SMILES string of the molecule is Cc1cc(NC(=O)c2sccc2S(=O)(=O)Nc2onc(C)c2Cl)cc(C)c1CC(=O)O. The first kappa shape index (κ1) is 22.8. The Labute approximate surface area is 187 Å². The molecule has 0 aliphatic carbocycles. The maximum atomic E-state index is 12.8. The number of aryl methyl sites for hydroxylation is 3. The van der Waals surface area contributed by atoms with Crippen LogP contribution in [-0.2, 0) is 21.2 Å². The molecule has 0 aliphatic heterocycles. The predicted molar refractivity (Wildman–Crippen MR) is 117 cm³/mol. The molecule has 0 saturated heterocycles. The van der Waals surface area contributed by atoms with E-state index in [-0.39, 0.29) is 27.1 Å². The number of sulfonamides is 1. The minimum Gasteiger partial charge on any atom is -0.481 e. The number of hydrogen-bond acceptors (Lipinski definition) is 7. The van der Waals surface area contributed by atoms with E-state index in [1.807, 2.05) is 0 Å². The third kappa shape index (κ3) is 4.89. The lowest BCUT2D eigenvalue weighted by atomic mass is 9.99. The third-order valence-corrected chi connectivity index (χ3v) is 7.29. The topological polar surface area (TPSA) is 139 Å². The molecule has 2 heterocycles. The molecule has 3 rings (SSSR count). The summed E-state index contributed by atoms with van der Waals surface area (Å²) in [6.07, 6.45) is -0.130. The Hall–Kier alpha value is -2.89. The van der Waals surface area contributed by atoms with E-state index in [9.17, 15) is 18.0 Å². The number of nitrogens with zero attached hydrogens (tertiary/aromatic N) is 1. The minimum absolute atomic E-state index is 0.0252. The van der Waals surface area contributed by atoms with Gasteiger partial charge in [0, 0.05) is 5.69 Å². The average Bonchev–Trinajstić information content (AvgIpc) is 3.28. The Bertz CT molecular complexity index is 1260. The number of thiophene rings is 1. The first-order chi connectivity index (χ1) is 14.5. The molecule has 12 heteroatoms. The fourth-order valence-electron chi connectivity index (χ4n) is 2.96. The van der Waals surface area contributed by atoms with E-state index in [4.69, 9.17) is 21.2 Å². The Morgan fingerprint density at radius 3 is 2.42 bits per heavy atom. The molecule has 3 N–H and O–H groups in total. The first-order valence-corrected chi connectivity index (χ1v) is 11.6. The van der Waals surface area contributed by atoms with Gasteiger partial charge in [0.25, 0.3) is 21.8 Å². The number of carbonyl (C=O) groups excluding carboxylic acids is 1. The Morgan fingerprint density at radius 1 is 1.23 bits per heavy atom. The van der Waals surface area contributed by atoms with Crippen molar-refractivity contribution in [3.8, 4) is 0 Å². The molecule has 0 radical (unpaired) electrons. The zero-order valence-electron chi connectivity index (χ0n) is 16.6. The number of anilines is 2. The molecule has 0 unspecified atom stereocenters. The highest BCUT2D eigenvalue weighted by molar-refractivity contribution is 7.93. The van der Waals surface area contributed by atoms with Crippen LogP contribution in [0.1, 0.15) is 32.1 Å². The highest BCUT2D eigenvalue weighted by atomic mass is 35.5. The lowest BCUT2D eigenvalue weighted by Gasteiger charge is -2.12. The molecule has 0 saturated carbocycles. The zero-order chi connectivity index (χ0) is 22.9. The average molecular weight is 484 g/mol. The van der Waals surface area contributed by atoms with Crippen molar-refractivity contribution >= 4 is 56.4 Å². The molecule has 3 aromatic rings. The van der Waals surface area contributed by atoms with Crippen molar-refractivity contribution < 1.29 is 27.6 Å². The van der Waals surface area contributed by atoms with Crippen LogP contribution < -0.4 is 10.0 Å². The van der Waals surface area contributed by atoms with Crippen molar-refractivity contribution in [2.45, 2.75) is 32.1 Å². The molecular formula is C19H18ClN3O6S2. The van der Waals surface area contributed by atoms with Crippen molar-refractivity contribution in [3.63, 3.8) is 0 Å². The number of carboxylic acids is 1. The van der Waals surface area contributed by atoms with Crippen LogP contribution in [0.2, 0.25) is 5.02 Å². The number of rotatable bonds is 7. The van der Waals surface area contributed by atoms with Crippen molar-refractivity contribution in [1.82, 2.24) is 5.16 Å². The van der Waals surface area contributed by atoms with Crippen LogP contribution in [0.5, 0.6) is 0 Å². The van der Waals surface area contributed by atoms with E-state index < -0.39 is 21.9 Å². The fourth-order valence-corrected chi connectivity index (χ4v) is 5.45. The van der Waals surface area contributed by atoms with Crippen LogP contribution in [0.25, 0.3) is 0 Å². The second-order valence-electron chi connectivity index (χ2n) is 6.74. The highest BCUT2D eigenvalue weighted by Gasteiger charge is 2.27. The summed E-state index contributed by atoms with van der Waals surface area (Å²) in [5.41, 5.74) is 2.81. The second-order valence-corrected chi connectivity index (χ2v) is 9.69. The van der Waals surface area contributed by atoms with Gasteiger partial charge in [-0.2, -0.15) is 0 Å². The molecule has 0 fully saturated rings. The van der Waals surface area contributed by atoms with Gasteiger partial charge in [-0.15, -0.1) is 11.3 Å². The molecule has 164 valence electrons. The number of aromatic nitrogens is 1. The highest BCUT2D eigenvalue weighted by Crippen LogP contribution is 2.30. The Balaban J connectivity index is 1.86. The van der Waals surface area contributed by atoms with Crippen LogP contribution in [0, 0.1) is 20.8 Å². The number of hydrogen-bond donors (Lipinski definition) is 3. The van der Waals surface area contributed by atoms with Crippen molar-refractivity contribution in [2.75, 3.05) is 10.0 Å². The number of amides is 1. The molecule has 1 amide bonds. The van der Waals surface area contributed by atoms with Crippen LogP contribution in [0.4, 0.5) is 11.6 Å². The molecule has 9 nitrogen and oxygen atoms in total. The van der Waals surface area contributed by atoms with Gasteiger partial charge in [0.15, 0.2) is 0 Å². The first-order valence-electron chi connectivity index (χ1n) is 8.85. The monoisotopic (exact) mass is 483 g/mol. The number of nitrogens with one attached hydrogen (secondary N) is 2. The number of carbonyl (C=O) groups is 2. The van der Waals surface area contributed by atoms with E-state index in [0.29, 0.717) is 28.1 Å². The van der Waals surface area contributed by atoms with Gasteiger partial charge >= 0.3 is 5.97 Å². The number of halogens is 1. The molecule has 0 aliphatic rings. The van der Waals surface area contributed by atoms with Gasteiger partial charge in [-0.1, -0.05) is 16.8 Å². The van der Waals surface area contributed by atoms with Crippen molar-refractivity contribution in [3.05, 3.63) is 55.9 Å². The van der Waals surface area contributed by atoms with Crippen molar-refractivity contribution in [2.24, 2.45) is 0 Å². The maximum Gasteiger partial charge on any atom is 0.307 e. The lowest BCUT2D eigenvalue weighted by molar-refractivity contribution is -0.136. The molecule has 0 bridgehead atoms. The quantitative estimate of drug-likeness (QED) is 0.461. The van der Waals surface area contributed by atoms with Crippen LogP contribution in [0.15, 0.2) is 33.0 Å². The standard InChI is InChI=1S/C19H18ClN3O6S2/c1-9-6-12(7-10(2)13(9)8-15(24)25)21-18(26)17-14(4-5-30-17)31(27,28)23-19-16(20)11(3)22-29-19/h4-7,23H,8H2,1-3H3,(H,21,26)(H,24,25). The number of carboxylic acid groups (broad SMARTS) is 1. The molecule has 2 aromatic heterocycles. The van der Waals surface area contributed by atoms with Gasteiger partial charge in [-0.25, -0.2) is 13.1 Å². The van der Waals surface area contributed by atoms with Gasteiger partial charge in [-0.05, 0) is 61.0 Å². The predicted octanol–water partition coefficient (Wildman–Crippen LogP) is 3.99.